The van der Waals surface area contributed by atoms with Crippen LogP contribution < -0.4 is 10.9 Å². The van der Waals surface area contributed by atoms with Gasteiger partial charge in [-0.25, -0.2) is 4.79 Å². The van der Waals surface area contributed by atoms with E-state index < -0.39 is 30.6 Å². The summed E-state index contributed by atoms with van der Waals surface area (Å²) >= 11 is 0. The fraction of sp³-hybridized carbons (Fsp3) is 0.462. The van der Waals surface area contributed by atoms with Gasteiger partial charge in [-0.15, -0.1) is 0 Å². The van der Waals surface area contributed by atoms with Gasteiger partial charge >= 0.3 is 5.97 Å². The van der Waals surface area contributed by atoms with Crippen LogP contribution in [0.3, 0.4) is 0 Å². The van der Waals surface area contributed by atoms with Crippen molar-refractivity contribution < 1.29 is 24.2 Å². The predicted octanol–water partition coefficient (Wildman–Crippen LogP) is -0.637. The number of aromatic nitrogens is 1. The van der Waals surface area contributed by atoms with Crippen LogP contribution in [0.2, 0.25) is 0 Å². The summed E-state index contributed by atoms with van der Waals surface area (Å²) in [6.07, 6.45) is 0.0537. The maximum Gasteiger partial charge on any atom is 0.329 e. The molecule has 0 radical (unpaired) electrons. The molecular formula is C13H16N2O6. The van der Waals surface area contributed by atoms with E-state index in [-0.39, 0.29) is 17.9 Å². The van der Waals surface area contributed by atoms with Crippen LogP contribution in [0.4, 0.5) is 0 Å². The minimum atomic E-state index is -1.07. The third-order valence-corrected chi connectivity index (χ3v) is 3.04. The summed E-state index contributed by atoms with van der Waals surface area (Å²) in [6, 6.07) is 3.80. The number of nitrogens with one attached hydrogen (secondary N) is 2. The number of ether oxygens (including phenoxy) is 2. The van der Waals surface area contributed by atoms with Crippen LogP contribution in [0.15, 0.2) is 23.0 Å². The van der Waals surface area contributed by atoms with Gasteiger partial charge in [0.2, 0.25) is 5.56 Å². The van der Waals surface area contributed by atoms with E-state index in [0.29, 0.717) is 13.0 Å². The summed E-state index contributed by atoms with van der Waals surface area (Å²) in [6.45, 7) is 0.241. The predicted molar refractivity (Wildman–Crippen MR) is 71.1 cm³/mol. The maximum absolute atomic E-state index is 12.0. The van der Waals surface area contributed by atoms with E-state index in [1.54, 1.807) is 0 Å². The van der Waals surface area contributed by atoms with Crippen molar-refractivity contribution in [3.8, 4) is 0 Å². The molecule has 1 aromatic heterocycles. The normalized spacial score (nSPS) is 21.7. The SMILES string of the molecule is O=C(O)CO[C@@H]1CCOC[C@@H]1NC(=O)c1cccc(=O)[nH]1. The van der Waals surface area contributed by atoms with Crippen molar-refractivity contribution in [2.75, 3.05) is 19.8 Å². The van der Waals surface area contributed by atoms with Gasteiger partial charge in [0.15, 0.2) is 0 Å². The highest BCUT2D eigenvalue weighted by molar-refractivity contribution is 5.92. The molecule has 1 aliphatic rings. The van der Waals surface area contributed by atoms with E-state index in [1.165, 1.54) is 18.2 Å². The molecule has 0 spiro atoms. The number of amides is 1. The Hall–Kier alpha value is -2.19. The lowest BCUT2D eigenvalue weighted by Gasteiger charge is -2.31. The first-order valence-corrected chi connectivity index (χ1v) is 6.47. The molecule has 0 aliphatic carbocycles. The van der Waals surface area contributed by atoms with Crippen molar-refractivity contribution in [2.45, 2.75) is 18.6 Å². The van der Waals surface area contributed by atoms with Crippen molar-refractivity contribution in [1.82, 2.24) is 10.3 Å². The summed E-state index contributed by atoms with van der Waals surface area (Å²) in [5, 5.41) is 11.3. The molecule has 1 aromatic rings. The highest BCUT2D eigenvalue weighted by atomic mass is 16.5. The summed E-state index contributed by atoms with van der Waals surface area (Å²) in [7, 11) is 0. The molecule has 1 amide bonds. The summed E-state index contributed by atoms with van der Waals surface area (Å²) < 4.78 is 10.5. The molecule has 0 unspecified atom stereocenters. The number of carbonyl (C=O) groups is 2. The molecule has 114 valence electrons. The van der Waals surface area contributed by atoms with Crippen LogP contribution in [0, 0.1) is 0 Å². The van der Waals surface area contributed by atoms with Crippen LogP contribution in [-0.2, 0) is 14.3 Å². The Morgan fingerprint density at radius 2 is 2.29 bits per heavy atom. The lowest BCUT2D eigenvalue weighted by Crippen LogP contribution is -2.51. The zero-order valence-corrected chi connectivity index (χ0v) is 11.2. The summed E-state index contributed by atoms with van der Waals surface area (Å²) in [5.74, 6) is -1.54. The van der Waals surface area contributed by atoms with Gasteiger partial charge in [-0.3, -0.25) is 9.59 Å². The summed E-state index contributed by atoms with van der Waals surface area (Å²) in [4.78, 5) is 36.2. The van der Waals surface area contributed by atoms with Gasteiger partial charge in [0.05, 0.1) is 18.8 Å². The minimum absolute atomic E-state index is 0.130. The van der Waals surface area contributed by atoms with Crippen LogP contribution in [0.1, 0.15) is 16.9 Å². The van der Waals surface area contributed by atoms with E-state index in [9.17, 15) is 14.4 Å². The molecule has 0 bridgehead atoms. The first-order valence-electron chi connectivity index (χ1n) is 6.47. The van der Waals surface area contributed by atoms with Gasteiger partial charge in [-0.1, -0.05) is 6.07 Å². The lowest BCUT2D eigenvalue weighted by atomic mass is 10.1. The smallest absolute Gasteiger partial charge is 0.329 e. The topological polar surface area (TPSA) is 118 Å². The molecule has 8 nitrogen and oxygen atoms in total. The molecule has 2 heterocycles. The first kappa shape index (κ1) is 15.2. The third-order valence-electron chi connectivity index (χ3n) is 3.04. The Bertz CT molecular complexity index is 570. The highest BCUT2D eigenvalue weighted by Gasteiger charge is 2.29. The average molecular weight is 296 g/mol. The average Bonchev–Trinajstić information content (AvgIpc) is 2.46. The standard InChI is InChI=1S/C13H16N2O6/c16-11-3-1-2-8(14-11)13(19)15-9-6-20-5-4-10(9)21-7-12(17)18/h1-3,9-10H,4-7H2,(H,14,16)(H,15,19)(H,17,18)/t9-,10+/m0/s1. The Morgan fingerprint density at radius 1 is 1.48 bits per heavy atom. The Morgan fingerprint density at radius 3 is 3.00 bits per heavy atom. The number of hydrogen-bond acceptors (Lipinski definition) is 5. The number of H-pyrrole nitrogens is 1. The number of carboxylic acids is 1. The number of aromatic amines is 1. The quantitative estimate of drug-likeness (QED) is 0.665. The van der Waals surface area contributed by atoms with Crippen LogP contribution in [0.25, 0.3) is 0 Å². The molecule has 8 heteroatoms. The second-order valence-corrected chi connectivity index (χ2v) is 4.62. The van der Waals surface area contributed by atoms with Crippen molar-refractivity contribution in [3.63, 3.8) is 0 Å². The van der Waals surface area contributed by atoms with Crippen molar-refractivity contribution in [3.05, 3.63) is 34.2 Å². The molecule has 0 saturated carbocycles. The van der Waals surface area contributed by atoms with Crippen molar-refractivity contribution in [2.24, 2.45) is 0 Å². The number of hydrogen-bond donors (Lipinski definition) is 3. The Kier molecular flexibility index (Phi) is 5.07. The molecular weight excluding hydrogens is 280 g/mol. The van der Waals surface area contributed by atoms with Gasteiger partial charge in [-0.05, 0) is 12.5 Å². The van der Waals surface area contributed by atoms with E-state index in [1.807, 2.05) is 0 Å². The molecule has 1 fully saturated rings. The second kappa shape index (κ2) is 7.00. The second-order valence-electron chi connectivity index (χ2n) is 4.62. The maximum atomic E-state index is 12.0. The van der Waals surface area contributed by atoms with E-state index in [2.05, 4.69) is 10.3 Å². The number of rotatable bonds is 5. The van der Waals surface area contributed by atoms with Crippen LogP contribution in [-0.4, -0.2) is 53.9 Å². The molecule has 3 N–H and O–H groups in total. The minimum Gasteiger partial charge on any atom is -0.480 e. The molecule has 0 aromatic carbocycles. The molecule has 21 heavy (non-hydrogen) atoms. The van der Waals surface area contributed by atoms with Gasteiger partial charge in [0.1, 0.15) is 12.3 Å². The van der Waals surface area contributed by atoms with Gasteiger partial charge in [-0.2, -0.15) is 0 Å². The number of pyridine rings is 1. The fourth-order valence-electron chi connectivity index (χ4n) is 2.06. The van der Waals surface area contributed by atoms with E-state index in [4.69, 9.17) is 14.6 Å². The third kappa shape index (κ3) is 4.40. The fourth-order valence-corrected chi connectivity index (χ4v) is 2.06. The van der Waals surface area contributed by atoms with Crippen molar-refractivity contribution in [1.29, 1.82) is 0 Å². The van der Waals surface area contributed by atoms with E-state index in [0.717, 1.165) is 0 Å². The number of carboxylic acid groups (broad SMARTS) is 1. The van der Waals surface area contributed by atoms with Gasteiger partial charge in [0.25, 0.3) is 5.91 Å². The zero-order chi connectivity index (χ0) is 15.2. The van der Waals surface area contributed by atoms with E-state index >= 15 is 0 Å². The molecule has 1 saturated heterocycles. The molecule has 2 atom stereocenters. The lowest BCUT2D eigenvalue weighted by molar-refractivity contribution is -0.147. The van der Waals surface area contributed by atoms with Gasteiger partial charge < -0.3 is 24.9 Å². The monoisotopic (exact) mass is 296 g/mol. The van der Waals surface area contributed by atoms with Crippen LogP contribution in [0.5, 0.6) is 0 Å². The number of aliphatic carboxylic acids is 1. The van der Waals surface area contributed by atoms with Gasteiger partial charge in [0, 0.05) is 12.7 Å². The largest absolute Gasteiger partial charge is 0.480 e. The van der Waals surface area contributed by atoms with Crippen molar-refractivity contribution >= 4 is 11.9 Å². The Labute approximate surface area is 120 Å². The summed E-state index contributed by atoms with van der Waals surface area (Å²) in [5.41, 5.74) is -0.244. The van der Waals surface area contributed by atoms with Crippen LogP contribution >= 0.6 is 0 Å². The first-order chi connectivity index (χ1) is 10.1. The Balaban J connectivity index is 1.99. The number of carbonyl (C=O) groups excluding carboxylic acids is 1. The molecule has 1 aliphatic heterocycles. The molecule has 2 rings (SSSR count). The highest BCUT2D eigenvalue weighted by Crippen LogP contribution is 2.12. The zero-order valence-electron chi connectivity index (χ0n) is 11.2.